The van der Waals surface area contributed by atoms with E-state index in [1.807, 2.05) is 42.7 Å². The highest BCUT2D eigenvalue weighted by Gasteiger charge is 2.21. The molecular formula is C26H26N2O2. The summed E-state index contributed by atoms with van der Waals surface area (Å²) < 4.78 is 11.9. The molecule has 1 atom stereocenters. The zero-order valence-electron chi connectivity index (χ0n) is 17.3. The molecule has 0 saturated heterocycles. The zero-order valence-corrected chi connectivity index (χ0v) is 17.3. The van der Waals surface area contributed by atoms with E-state index in [4.69, 9.17) is 14.7 Å². The average molecular weight is 399 g/mol. The van der Waals surface area contributed by atoms with Crippen LogP contribution in [0.3, 0.4) is 0 Å². The Kier molecular flexibility index (Phi) is 6.29. The van der Waals surface area contributed by atoms with Gasteiger partial charge in [-0.2, -0.15) is 5.26 Å². The monoisotopic (exact) mass is 398 g/mol. The van der Waals surface area contributed by atoms with Gasteiger partial charge in [-0.15, -0.1) is 0 Å². The van der Waals surface area contributed by atoms with Crippen LogP contribution in [0, 0.1) is 11.3 Å². The Balaban J connectivity index is 1.68. The Bertz CT molecular complexity index is 1000. The van der Waals surface area contributed by atoms with E-state index < -0.39 is 0 Å². The standard InChI is InChI=1S/C26H26N2O2/c1-29-25-11-10-22(17-26(25)30-23-4-2-3-5-23)24(21-12-14-28-15-13-21)16-19-6-8-20(18-27)9-7-19/h6-15,17,23-24H,2-5,16H2,1H3. The molecule has 30 heavy (non-hydrogen) atoms. The molecular weight excluding hydrogens is 372 g/mol. The molecule has 4 heteroatoms. The van der Waals surface area contributed by atoms with E-state index >= 15 is 0 Å². The number of benzene rings is 2. The maximum atomic E-state index is 9.08. The molecule has 0 N–H and O–H groups in total. The molecule has 1 saturated carbocycles. The second kappa shape index (κ2) is 9.45. The number of ether oxygens (including phenoxy) is 2. The van der Waals surface area contributed by atoms with E-state index in [2.05, 4.69) is 35.3 Å². The van der Waals surface area contributed by atoms with Crippen LogP contribution in [-0.2, 0) is 6.42 Å². The molecule has 0 aliphatic heterocycles. The summed E-state index contributed by atoms with van der Waals surface area (Å²) in [4.78, 5) is 4.18. The maximum Gasteiger partial charge on any atom is 0.161 e. The van der Waals surface area contributed by atoms with E-state index in [0.717, 1.165) is 30.8 Å². The minimum atomic E-state index is 0.151. The number of methoxy groups -OCH3 is 1. The van der Waals surface area contributed by atoms with Gasteiger partial charge < -0.3 is 9.47 Å². The first-order valence-corrected chi connectivity index (χ1v) is 10.5. The van der Waals surface area contributed by atoms with Gasteiger partial charge in [-0.1, -0.05) is 18.2 Å². The number of aromatic nitrogens is 1. The predicted molar refractivity (Wildman–Crippen MR) is 117 cm³/mol. The van der Waals surface area contributed by atoms with Gasteiger partial charge in [-0.05, 0) is 85.2 Å². The fraction of sp³-hybridized carbons (Fsp3) is 0.308. The van der Waals surface area contributed by atoms with Crippen LogP contribution >= 0.6 is 0 Å². The van der Waals surface area contributed by atoms with Gasteiger partial charge in [0.25, 0.3) is 0 Å². The number of hydrogen-bond donors (Lipinski definition) is 0. The molecule has 4 rings (SSSR count). The van der Waals surface area contributed by atoms with Gasteiger partial charge in [0, 0.05) is 18.3 Å². The Morgan fingerprint density at radius 1 is 0.967 bits per heavy atom. The van der Waals surface area contributed by atoms with Crippen molar-refractivity contribution in [2.45, 2.75) is 44.1 Å². The van der Waals surface area contributed by atoms with Crippen molar-refractivity contribution in [3.05, 3.63) is 89.2 Å². The summed E-state index contributed by atoms with van der Waals surface area (Å²) >= 11 is 0. The molecule has 2 aromatic carbocycles. The molecule has 0 bridgehead atoms. The molecule has 1 heterocycles. The van der Waals surface area contributed by atoms with Gasteiger partial charge in [0.05, 0.1) is 24.8 Å². The van der Waals surface area contributed by atoms with Crippen molar-refractivity contribution in [3.8, 4) is 17.6 Å². The van der Waals surface area contributed by atoms with E-state index in [9.17, 15) is 0 Å². The van der Waals surface area contributed by atoms with Crippen molar-refractivity contribution >= 4 is 0 Å². The van der Waals surface area contributed by atoms with Gasteiger partial charge in [-0.3, -0.25) is 4.98 Å². The lowest BCUT2D eigenvalue weighted by atomic mass is 9.86. The summed E-state index contributed by atoms with van der Waals surface area (Å²) in [6.45, 7) is 0. The molecule has 0 radical (unpaired) electrons. The quantitative estimate of drug-likeness (QED) is 0.515. The van der Waals surface area contributed by atoms with Crippen LogP contribution in [0.5, 0.6) is 11.5 Å². The van der Waals surface area contributed by atoms with Crippen LogP contribution in [-0.4, -0.2) is 18.2 Å². The third kappa shape index (κ3) is 4.63. The SMILES string of the molecule is COc1ccc(C(Cc2ccc(C#N)cc2)c2ccncc2)cc1OC1CCCC1. The first kappa shape index (κ1) is 20.0. The van der Waals surface area contributed by atoms with Gasteiger partial charge in [0.15, 0.2) is 11.5 Å². The Hall–Kier alpha value is -3.32. The van der Waals surface area contributed by atoms with E-state index in [0.29, 0.717) is 5.56 Å². The van der Waals surface area contributed by atoms with Crippen LogP contribution in [0.1, 0.15) is 53.9 Å². The van der Waals surface area contributed by atoms with Gasteiger partial charge in [0.1, 0.15) is 0 Å². The number of nitriles is 1. The lowest BCUT2D eigenvalue weighted by Gasteiger charge is -2.22. The van der Waals surface area contributed by atoms with Crippen molar-refractivity contribution in [2.24, 2.45) is 0 Å². The summed E-state index contributed by atoms with van der Waals surface area (Å²) in [6.07, 6.45) is 9.42. The summed E-state index contributed by atoms with van der Waals surface area (Å²) in [7, 11) is 1.69. The average Bonchev–Trinajstić information content (AvgIpc) is 3.31. The van der Waals surface area contributed by atoms with Crippen LogP contribution in [0.25, 0.3) is 0 Å². The van der Waals surface area contributed by atoms with Crippen LogP contribution < -0.4 is 9.47 Å². The smallest absolute Gasteiger partial charge is 0.161 e. The lowest BCUT2D eigenvalue weighted by Crippen LogP contribution is -2.12. The second-order valence-electron chi connectivity index (χ2n) is 7.78. The Morgan fingerprint density at radius 2 is 1.70 bits per heavy atom. The number of hydrogen-bond acceptors (Lipinski definition) is 4. The molecule has 0 amide bonds. The minimum absolute atomic E-state index is 0.151. The Morgan fingerprint density at radius 3 is 2.37 bits per heavy atom. The van der Waals surface area contributed by atoms with Crippen molar-refractivity contribution in [1.82, 2.24) is 4.98 Å². The third-order valence-corrected chi connectivity index (χ3v) is 5.82. The lowest BCUT2D eigenvalue weighted by molar-refractivity contribution is 0.200. The van der Waals surface area contributed by atoms with E-state index in [1.54, 1.807) is 7.11 Å². The summed E-state index contributed by atoms with van der Waals surface area (Å²) in [5.41, 5.74) is 4.24. The molecule has 3 aromatic rings. The predicted octanol–water partition coefficient (Wildman–Crippen LogP) is 5.66. The highest BCUT2D eigenvalue weighted by atomic mass is 16.5. The van der Waals surface area contributed by atoms with Crippen molar-refractivity contribution in [3.63, 3.8) is 0 Å². The number of nitrogens with zero attached hydrogens (tertiary/aromatic N) is 2. The third-order valence-electron chi connectivity index (χ3n) is 5.82. The fourth-order valence-electron chi connectivity index (χ4n) is 4.16. The maximum absolute atomic E-state index is 9.08. The van der Waals surface area contributed by atoms with Crippen LogP contribution in [0.2, 0.25) is 0 Å². The molecule has 1 unspecified atom stereocenters. The number of pyridine rings is 1. The van der Waals surface area contributed by atoms with Crippen molar-refractivity contribution in [1.29, 1.82) is 5.26 Å². The van der Waals surface area contributed by atoms with Gasteiger partial charge in [-0.25, -0.2) is 0 Å². The molecule has 152 valence electrons. The summed E-state index contributed by atoms with van der Waals surface area (Å²) in [5.74, 6) is 1.75. The fourth-order valence-corrected chi connectivity index (χ4v) is 4.16. The van der Waals surface area contributed by atoms with Gasteiger partial charge in [0.2, 0.25) is 0 Å². The van der Waals surface area contributed by atoms with E-state index in [-0.39, 0.29) is 12.0 Å². The summed E-state index contributed by atoms with van der Waals surface area (Å²) in [5, 5.41) is 9.08. The van der Waals surface area contributed by atoms with Crippen LogP contribution in [0.15, 0.2) is 67.0 Å². The zero-order chi connectivity index (χ0) is 20.8. The normalized spacial score (nSPS) is 14.8. The highest BCUT2D eigenvalue weighted by molar-refractivity contribution is 5.47. The van der Waals surface area contributed by atoms with Crippen LogP contribution in [0.4, 0.5) is 0 Å². The topological polar surface area (TPSA) is 55.1 Å². The van der Waals surface area contributed by atoms with Gasteiger partial charge >= 0.3 is 0 Å². The molecule has 1 aliphatic carbocycles. The summed E-state index contributed by atoms with van der Waals surface area (Å²) in [6, 6.07) is 20.4. The minimum Gasteiger partial charge on any atom is -0.493 e. The largest absolute Gasteiger partial charge is 0.493 e. The molecule has 1 aliphatic rings. The van der Waals surface area contributed by atoms with E-state index in [1.165, 1.54) is 29.5 Å². The highest BCUT2D eigenvalue weighted by Crippen LogP contribution is 2.37. The first-order chi connectivity index (χ1) is 14.8. The molecule has 1 aromatic heterocycles. The molecule has 4 nitrogen and oxygen atoms in total. The first-order valence-electron chi connectivity index (χ1n) is 10.5. The van der Waals surface area contributed by atoms with Crippen molar-refractivity contribution in [2.75, 3.05) is 7.11 Å². The number of rotatable bonds is 7. The molecule has 0 spiro atoms. The second-order valence-corrected chi connectivity index (χ2v) is 7.78. The van der Waals surface area contributed by atoms with Crippen molar-refractivity contribution < 1.29 is 9.47 Å². The Labute approximate surface area is 178 Å². The molecule has 1 fully saturated rings.